The number of aromatic nitrogens is 1. The molecule has 0 saturated heterocycles. The van der Waals surface area contributed by atoms with E-state index in [1.165, 1.54) is 19.3 Å². The molecule has 2 unspecified atom stereocenters. The van der Waals surface area contributed by atoms with Gasteiger partial charge in [0.15, 0.2) is 5.84 Å². The van der Waals surface area contributed by atoms with Gasteiger partial charge < -0.3 is 15.7 Å². The third-order valence-electron chi connectivity index (χ3n) is 3.93. The minimum absolute atomic E-state index is 0.0791. The number of hydrogen-bond acceptors (Lipinski definition) is 4. The number of hydrogen-bond donors (Lipinski definition) is 2. The molecular weight excluding hydrogens is 254 g/mol. The van der Waals surface area contributed by atoms with Gasteiger partial charge in [-0.05, 0) is 38.2 Å². The van der Waals surface area contributed by atoms with Crippen LogP contribution in [0.5, 0.6) is 5.88 Å². The van der Waals surface area contributed by atoms with Gasteiger partial charge in [0.25, 0.3) is 0 Å². The van der Waals surface area contributed by atoms with Gasteiger partial charge in [-0.1, -0.05) is 24.9 Å². The quantitative estimate of drug-likeness (QED) is 0.384. The Morgan fingerprint density at radius 3 is 3.00 bits per heavy atom. The molecule has 110 valence electrons. The molecule has 1 saturated carbocycles. The molecule has 5 nitrogen and oxygen atoms in total. The highest BCUT2D eigenvalue weighted by molar-refractivity contribution is 5.97. The summed E-state index contributed by atoms with van der Waals surface area (Å²) in [5.41, 5.74) is 7.06. The lowest BCUT2D eigenvalue weighted by Gasteiger charge is -2.28. The van der Waals surface area contributed by atoms with Crippen LogP contribution < -0.4 is 10.5 Å². The molecule has 1 aliphatic rings. The zero-order chi connectivity index (χ0) is 14.5. The van der Waals surface area contributed by atoms with Crippen molar-refractivity contribution in [3.8, 4) is 5.88 Å². The maximum Gasteiger partial charge on any atom is 0.214 e. The normalized spacial score (nSPS) is 23.6. The molecule has 3 N–H and O–H groups in total. The first-order valence-electron chi connectivity index (χ1n) is 7.25. The molecule has 0 aromatic carbocycles. The third-order valence-corrected chi connectivity index (χ3v) is 3.93. The first-order chi connectivity index (χ1) is 9.62. The Hall–Kier alpha value is -1.78. The Kier molecular flexibility index (Phi) is 4.82. The molecule has 0 amide bonds. The van der Waals surface area contributed by atoms with Crippen LogP contribution in [-0.2, 0) is 0 Å². The van der Waals surface area contributed by atoms with Gasteiger partial charge in [0.1, 0.15) is 6.10 Å². The summed E-state index contributed by atoms with van der Waals surface area (Å²) in [5.74, 6) is 1.39. The number of nitrogens with two attached hydrogens (primary N) is 1. The van der Waals surface area contributed by atoms with E-state index in [2.05, 4.69) is 17.1 Å². The van der Waals surface area contributed by atoms with Crippen LogP contribution in [0.1, 0.15) is 50.3 Å². The second-order valence-electron chi connectivity index (χ2n) is 5.50. The molecule has 0 aliphatic heterocycles. The molecule has 2 rings (SSSR count). The smallest absolute Gasteiger partial charge is 0.214 e. The molecule has 0 radical (unpaired) electrons. The van der Waals surface area contributed by atoms with Crippen LogP contribution in [-0.4, -0.2) is 22.1 Å². The van der Waals surface area contributed by atoms with Crippen LogP contribution in [0, 0.1) is 12.8 Å². The molecule has 1 fully saturated rings. The zero-order valence-corrected chi connectivity index (χ0v) is 12.2. The van der Waals surface area contributed by atoms with Gasteiger partial charge in [0, 0.05) is 17.3 Å². The average Bonchev–Trinajstić information content (AvgIpc) is 2.46. The molecule has 1 aromatic heterocycles. The lowest BCUT2D eigenvalue weighted by Crippen LogP contribution is -2.25. The molecule has 5 heteroatoms. The summed E-state index contributed by atoms with van der Waals surface area (Å²) in [5, 5.41) is 11.8. The van der Waals surface area contributed by atoms with Gasteiger partial charge in [0.2, 0.25) is 5.88 Å². The van der Waals surface area contributed by atoms with Gasteiger partial charge in [-0.15, -0.1) is 0 Å². The number of pyridine rings is 1. The molecule has 0 spiro atoms. The van der Waals surface area contributed by atoms with Gasteiger partial charge in [-0.3, -0.25) is 0 Å². The monoisotopic (exact) mass is 277 g/mol. The van der Waals surface area contributed by atoms with Crippen molar-refractivity contribution in [2.24, 2.45) is 16.8 Å². The summed E-state index contributed by atoms with van der Waals surface area (Å²) in [7, 11) is 0. The highest BCUT2D eigenvalue weighted by atomic mass is 16.5. The second-order valence-corrected chi connectivity index (χ2v) is 5.50. The van der Waals surface area contributed by atoms with E-state index >= 15 is 0 Å². The summed E-state index contributed by atoms with van der Waals surface area (Å²) in [4.78, 5) is 4.38. The Morgan fingerprint density at radius 2 is 2.30 bits per heavy atom. The summed E-state index contributed by atoms with van der Waals surface area (Å²) < 4.78 is 6.00. The van der Waals surface area contributed by atoms with Crippen molar-refractivity contribution in [1.29, 1.82) is 0 Å². The van der Waals surface area contributed by atoms with E-state index in [9.17, 15) is 0 Å². The highest BCUT2D eigenvalue weighted by Crippen LogP contribution is 2.29. The van der Waals surface area contributed by atoms with Gasteiger partial charge in [-0.2, -0.15) is 0 Å². The lowest BCUT2D eigenvalue weighted by atomic mass is 9.85. The number of rotatable bonds is 4. The molecule has 1 heterocycles. The van der Waals surface area contributed by atoms with Crippen LogP contribution in [0.2, 0.25) is 0 Å². The molecule has 20 heavy (non-hydrogen) atoms. The summed E-state index contributed by atoms with van der Waals surface area (Å²) in [6, 6.07) is 3.51. The maximum absolute atomic E-state index is 8.76. The van der Waals surface area contributed by atoms with Crippen molar-refractivity contribution in [2.75, 3.05) is 0 Å². The Bertz CT molecular complexity index is 488. The van der Waals surface area contributed by atoms with Crippen LogP contribution in [0.4, 0.5) is 0 Å². The van der Waals surface area contributed by atoms with Crippen molar-refractivity contribution in [1.82, 2.24) is 4.98 Å². The first kappa shape index (κ1) is 14.6. The molecule has 1 aromatic rings. The van der Waals surface area contributed by atoms with E-state index in [0.717, 1.165) is 24.5 Å². The summed E-state index contributed by atoms with van der Waals surface area (Å²) in [6.07, 6.45) is 6.10. The Morgan fingerprint density at radius 1 is 1.50 bits per heavy atom. The SMILES string of the molecule is CCC1CCCC(Oc2cc(/C(N)=N/O)cc(C)n2)C1. The summed E-state index contributed by atoms with van der Waals surface area (Å²) >= 11 is 0. The van der Waals surface area contributed by atoms with Gasteiger partial charge in [-0.25, -0.2) is 4.98 Å². The van der Waals surface area contributed by atoms with E-state index in [4.69, 9.17) is 15.7 Å². The third kappa shape index (κ3) is 3.62. The van der Waals surface area contributed by atoms with Crippen molar-refractivity contribution < 1.29 is 9.94 Å². The van der Waals surface area contributed by atoms with Crippen LogP contribution >= 0.6 is 0 Å². The fourth-order valence-electron chi connectivity index (χ4n) is 2.79. The molecule has 0 bridgehead atoms. The van der Waals surface area contributed by atoms with E-state index in [1.54, 1.807) is 12.1 Å². The van der Waals surface area contributed by atoms with E-state index in [1.807, 2.05) is 6.92 Å². The van der Waals surface area contributed by atoms with Crippen molar-refractivity contribution in [3.05, 3.63) is 23.4 Å². The maximum atomic E-state index is 8.76. The lowest BCUT2D eigenvalue weighted by molar-refractivity contribution is 0.117. The van der Waals surface area contributed by atoms with Crippen molar-refractivity contribution in [3.63, 3.8) is 0 Å². The first-order valence-corrected chi connectivity index (χ1v) is 7.25. The van der Waals surface area contributed by atoms with Crippen LogP contribution in [0.3, 0.4) is 0 Å². The van der Waals surface area contributed by atoms with Crippen molar-refractivity contribution in [2.45, 2.75) is 52.1 Å². The predicted molar refractivity (Wildman–Crippen MR) is 78.1 cm³/mol. The number of oxime groups is 1. The minimum Gasteiger partial charge on any atom is -0.474 e. The number of nitrogens with zero attached hydrogens (tertiary/aromatic N) is 2. The van der Waals surface area contributed by atoms with Crippen LogP contribution in [0.25, 0.3) is 0 Å². The highest BCUT2D eigenvalue weighted by Gasteiger charge is 2.22. The zero-order valence-electron chi connectivity index (χ0n) is 12.2. The number of ether oxygens (including phenoxy) is 1. The van der Waals surface area contributed by atoms with Crippen molar-refractivity contribution >= 4 is 5.84 Å². The average molecular weight is 277 g/mol. The number of aryl methyl sites for hydroxylation is 1. The Labute approximate surface area is 119 Å². The van der Waals surface area contributed by atoms with Gasteiger partial charge in [0.05, 0.1) is 0 Å². The topological polar surface area (TPSA) is 80.7 Å². The standard InChI is InChI=1S/C15H23N3O2/c1-3-11-5-4-6-13(8-11)20-14-9-12(15(16)18-19)7-10(2)17-14/h7,9,11,13,19H,3-6,8H2,1-2H3,(H2,16,18). The fraction of sp³-hybridized carbons (Fsp3) is 0.600. The fourth-order valence-corrected chi connectivity index (χ4v) is 2.79. The van der Waals surface area contributed by atoms with E-state index in [-0.39, 0.29) is 11.9 Å². The number of amidine groups is 1. The molecular formula is C15H23N3O2. The van der Waals surface area contributed by atoms with Gasteiger partial charge >= 0.3 is 0 Å². The van der Waals surface area contributed by atoms with E-state index in [0.29, 0.717) is 11.4 Å². The molecule has 2 atom stereocenters. The van der Waals surface area contributed by atoms with E-state index < -0.39 is 0 Å². The minimum atomic E-state index is 0.0791. The molecule has 1 aliphatic carbocycles. The van der Waals surface area contributed by atoms with Crippen LogP contribution in [0.15, 0.2) is 17.3 Å². The second kappa shape index (κ2) is 6.59. The Balaban J connectivity index is 2.11. The predicted octanol–water partition coefficient (Wildman–Crippen LogP) is 2.83. The summed E-state index contributed by atoms with van der Waals surface area (Å²) in [6.45, 7) is 4.10. The largest absolute Gasteiger partial charge is 0.474 e.